The van der Waals surface area contributed by atoms with Gasteiger partial charge in [-0.2, -0.15) is 0 Å². The monoisotopic (exact) mass is 371 g/mol. The fraction of sp³-hybridized carbons (Fsp3) is 0.682. The predicted molar refractivity (Wildman–Crippen MR) is 101 cm³/mol. The minimum Gasteiger partial charge on any atom is -0.504 e. The molecule has 27 heavy (non-hydrogen) atoms. The first-order valence-electron chi connectivity index (χ1n) is 9.98. The number of phenols is 1. The molecular weight excluding hydrogens is 342 g/mol. The second-order valence-electron chi connectivity index (χ2n) is 9.54. The molecule has 0 unspecified atom stereocenters. The van der Waals surface area contributed by atoms with Crippen LogP contribution in [0.25, 0.3) is 0 Å². The SMILES string of the molecule is CO[C@]1(C)[C@H](C(C)=O)C[C@]2(C)[C@H]3Cc4ccc(O)c5c4[C@@]2(CCN3C)[C@H]1O5. The maximum Gasteiger partial charge on any atom is 0.165 e. The molecule has 0 radical (unpaired) electrons. The van der Waals surface area contributed by atoms with Gasteiger partial charge in [0.1, 0.15) is 17.5 Å². The van der Waals surface area contributed by atoms with Gasteiger partial charge in [0.15, 0.2) is 11.5 Å². The molecule has 2 heterocycles. The molecule has 6 atom stereocenters. The molecule has 0 aromatic heterocycles. The number of benzene rings is 1. The van der Waals surface area contributed by atoms with E-state index in [2.05, 4.69) is 24.9 Å². The summed E-state index contributed by atoms with van der Waals surface area (Å²) in [5.74, 6) is 0.762. The number of methoxy groups -OCH3 is 1. The maximum atomic E-state index is 12.7. The number of hydrogen-bond acceptors (Lipinski definition) is 5. The Labute approximate surface area is 160 Å². The highest BCUT2D eigenvalue weighted by molar-refractivity contribution is 5.81. The van der Waals surface area contributed by atoms with Gasteiger partial charge in [-0.05, 0) is 63.7 Å². The van der Waals surface area contributed by atoms with Crippen molar-refractivity contribution in [3.8, 4) is 11.5 Å². The van der Waals surface area contributed by atoms with Crippen LogP contribution in [0.3, 0.4) is 0 Å². The topological polar surface area (TPSA) is 59.0 Å². The average molecular weight is 371 g/mol. The number of hydrogen-bond donors (Lipinski definition) is 1. The van der Waals surface area contributed by atoms with Crippen molar-refractivity contribution in [1.82, 2.24) is 4.90 Å². The van der Waals surface area contributed by atoms with Crippen molar-refractivity contribution in [2.24, 2.45) is 11.3 Å². The predicted octanol–water partition coefficient (Wildman–Crippen LogP) is 2.67. The van der Waals surface area contributed by atoms with Crippen molar-refractivity contribution < 1.29 is 19.4 Å². The fourth-order valence-corrected chi connectivity index (χ4v) is 7.28. The zero-order chi connectivity index (χ0) is 19.4. The summed E-state index contributed by atoms with van der Waals surface area (Å²) < 4.78 is 12.6. The molecule has 1 spiro atoms. The van der Waals surface area contributed by atoms with E-state index >= 15 is 0 Å². The normalized spacial score (nSPS) is 44.6. The number of phenolic OH excluding ortho intramolecular Hbond substituents is 1. The van der Waals surface area contributed by atoms with Crippen molar-refractivity contribution >= 4 is 5.78 Å². The van der Waals surface area contributed by atoms with Gasteiger partial charge in [0.2, 0.25) is 0 Å². The fourth-order valence-electron chi connectivity index (χ4n) is 7.28. The third-order valence-corrected chi connectivity index (χ3v) is 8.68. The largest absolute Gasteiger partial charge is 0.504 e. The molecule has 2 aliphatic heterocycles. The van der Waals surface area contributed by atoms with E-state index in [1.807, 2.05) is 6.92 Å². The summed E-state index contributed by atoms with van der Waals surface area (Å²) in [6, 6.07) is 4.17. The number of ketones is 1. The lowest BCUT2D eigenvalue weighted by atomic mass is 9.40. The van der Waals surface area contributed by atoms with Gasteiger partial charge < -0.3 is 19.5 Å². The summed E-state index contributed by atoms with van der Waals surface area (Å²) in [7, 11) is 3.89. The molecule has 1 saturated carbocycles. The Morgan fingerprint density at radius 1 is 1.37 bits per heavy atom. The van der Waals surface area contributed by atoms with Gasteiger partial charge in [0.05, 0.1) is 5.92 Å². The maximum absolute atomic E-state index is 12.7. The summed E-state index contributed by atoms with van der Waals surface area (Å²) in [5.41, 5.74) is 1.41. The molecule has 2 fully saturated rings. The van der Waals surface area contributed by atoms with Crippen LogP contribution in [0.2, 0.25) is 0 Å². The number of likely N-dealkylation sites (N-methyl/N-ethyl adjacent to an activating group) is 1. The Balaban J connectivity index is 1.85. The lowest BCUT2D eigenvalue weighted by Crippen LogP contribution is -2.76. The van der Waals surface area contributed by atoms with Crippen LogP contribution in [0.15, 0.2) is 12.1 Å². The van der Waals surface area contributed by atoms with Crippen LogP contribution >= 0.6 is 0 Å². The molecule has 1 aromatic rings. The molecular formula is C22H29NO4. The van der Waals surface area contributed by atoms with Gasteiger partial charge in [0.25, 0.3) is 0 Å². The zero-order valence-corrected chi connectivity index (χ0v) is 16.8. The van der Waals surface area contributed by atoms with Crippen molar-refractivity contribution in [1.29, 1.82) is 0 Å². The number of likely N-dealkylation sites (tertiary alicyclic amines) is 1. The van der Waals surface area contributed by atoms with Gasteiger partial charge in [-0.3, -0.25) is 4.79 Å². The molecule has 0 amide bonds. The van der Waals surface area contributed by atoms with Gasteiger partial charge >= 0.3 is 0 Å². The first-order valence-corrected chi connectivity index (χ1v) is 9.98. The number of carbonyl (C=O) groups excluding carboxylic acids is 1. The van der Waals surface area contributed by atoms with Crippen LogP contribution in [0.1, 0.15) is 44.7 Å². The number of rotatable bonds is 2. The van der Waals surface area contributed by atoms with E-state index in [4.69, 9.17) is 9.47 Å². The Morgan fingerprint density at radius 3 is 2.78 bits per heavy atom. The highest BCUT2D eigenvalue weighted by Crippen LogP contribution is 2.71. The highest BCUT2D eigenvalue weighted by Gasteiger charge is 2.76. The van der Waals surface area contributed by atoms with Crippen LogP contribution in [0.5, 0.6) is 11.5 Å². The molecule has 1 aromatic carbocycles. The lowest BCUT2D eigenvalue weighted by molar-refractivity contribution is -0.220. The lowest BCUT2D eigenvalue weighted by Gasteiger charge is -2.68. The Kier molecular flexibility index (Phi) is 3.28. The van der Waals surface area contributed by atoms with Crippen LogP contribution in [-0.4, -0.2) is 54.2 Å². The van der Waals surface area contributed by atoms with E-state index in [0.29, 0.717) is 11.8 Å². The van der Waals surface area contributed by atoms with Crippen molar-refractivity contribution in [2.45, 2.75) is 63.2 Å². The van der Waals surface area contributed by atoms with Gasteiger partial charge in [0, 0.05) is 24.1 Å². The van der Waals surface area contributed by atoms with E-state index < -0.39 is 5.60 Å². The minimum absolute atomic E-state index is 0.106. The summed E-state index contributed by atoms with van der Waals surface area (Å²) in [4.78, 5) is 15.2. The molecule has 5 rings (SSSR count). The van der Waals surface area contributed by atoms with Gasteiger partial charge in [-0.25, -0.2) is 0 Å². The average Bonchev–Trinajstić information content (AvgIpc) is 2.99. The number of ether oxygens (including phenoxy) is 2. The molecule has 1 N–H and O–H groups in total. The quantitative estimate of drug-likeness (QED) is 0.866. The Hall–Kier alpha value is -1.59. The third kappa shape index (κ3) is 1.72. The van der Waals surface area contributed by atoms with Crippen LogP contribution in [0, 0.1) is 11.3 Å². The van der Waals surface area contributed by atoms with Crippen molar-refractivity contribution in [2.75, 3.05) is 20.7 Å². The van der Waals surface area contributed by atoms with E-state index in [0.717, 1.165) is 25.8 Å². The highest BCUT2D eigenvalue weighted by atomic mass is 16.6. The number of piperidine rings is 1. The third-order valence-electron chi connectivity index (χ3n) is 8.68. The molecule has 1 saturated heterocycles. The van der Waals surface area contributed by atoms with E-state index in [1.165, 1.54) is 11.1 Å². The number of Topliss-reactive ketones (excluding diaryl/α,β-unsaturated/α-hetero) is 1. The van der Waals surface area contributed by atoms with Crippen molar-refractivity contribution in [3.63, 3.8) is 0 Å². The van der Waals surface area contributed by atoms with Crippen molar-refractivity contribution in [3.05, 3.63) is 23.3 Å². The second-order valence-corrected chi connectivity index (χ2v) is 9.54. The number of carbonyl (C=O) groups is 1. The smallest absolute Gasteiger partial charge is 0.165 e. The number of aromatic hydroxyl groups is 1. The Bertz CT molecular complexity index is 853. The molecule has 146 valence electrons. The first kappa shape index (κ1) is 17.5. The van der Waals surface area contributed by atoms with Gasteiger partial charge in [-0.1, -0.05) is 13.0 Å². The van der Waals surface area contributed by atoms with Crippen LogP contribution in [-0.2, 0) is 21.4 Å². The number of nitrogens with zero attached hydrogens (tertiary/aromatic N) is 1. The van der Waals surface area contributed by atoms with E-state index in [-0.39, 0.29) is 34.4 Å². The van der Waals surface area contributed by atoms with Crippen LogP contribution < -0.4 is 4.74 Å². The summed E-state index contributed by atoms with van der Waals surface area (Å²) in [5, 5.41) is 10.6. The molecule has 2 bridgehead atoms. The first-order chi connectivity index (χ1) is 12.7. The van der Waals surface area contributed by atoms with Crippen LogP contribution in [0.4, 0.5) is 0 Å². The standard InChI is InChI=1S/C22H29NO4/c1-12(24)14-11-20(2)16-10-13-6-7-15(25)18-17(13)22(20,8-9-23(16)4)19(27-18)21(14,3)26-5/h6-7,14,16,19,25H,8-11H2,1-5H3/t14-,16+,19-,20+,21+,22-/m0/s1. The zero-order valence-electron chi connectivity index (χ0n) is 16.8. The second kappa shape index (κ2) is 5.06. The molecule has 5 nitrogen and oxygen atoms in total. The van der Waals surface area contributed by atoms with Gasteiger partial charge in [-0.15, -0.1) is 0 Å². The summed E-state index contributed by atoms with van der Waals surface area (Å²) >= 11 is 0. The molecule has 5 heteroatoms. The summed E-state index contributed by atoms with van der Waals surface area (Å²) in [6.07, 6.45) is 2.40. The Morgan fingerprint density at radius 2 is 2.11 bits per heavy atom. The molecule has 2 aliphatic carbocycles. The van der Waals surface area contributed by atoms with E-state index in [9.17, 15) is 9.90 Å². The summed E-state index contributed by atoms with van der Waals surface area (Å²) in [6.45, 7) is 7.04. The van der Waals surface area contributed by atoms with E-state index in [1.54, 1.807) is 20.1 Å². The molecule has 4 aliphatic rings. The minimum atomic E-state index is -0.716.